The molecule has 230 valence electrons. The van der Waals surface area contributed by atoms with Crippen molar-refractivity contribution in [3.8, 4) is 11.3 Å². The van der Waals surface area contributed by atoms with Crippen LogP contribution in [-0.4, -0.2) is 57.2 Å². The SMILES string of the molecule is CC1(O)CCC(N2CC(CC(=O)NC(C)(C)c3c(F)cccc3F)(NC(=O)c3cc(-c4ccc(F)cc4F)on3)C2)CC1. The molecule has 1 saturated carbocycles. The molecule has 2 fully saturated rings. The minimum atomic E-state index is -1.39. The molecule has 1 aromatic heterocycles. The largest absolute Gasteiger partial charge is 0.390 e. The molecule has 3 aromatic rings. The molecule has 2 aliphatic rings. The van der Waals surface area contributed by atoms with E-state index in [4.69, 9.17) is 4.52 Å². The van der Waals surface area contributed by atoms with E-state index in [1.54, 1.807) is 6.92 Å². The van der Waals surface area contributed by atoms with Gasteiger partial charge in [0.2, 0.25) is 5.91 Å². The molecule has 43 heavy (non-hydrogen) atoms. The number of carbonyl (C=O) groups excluding carboxylic acids is 2. The standard InChI is InChI=1S/C31H34F4N4O4/c1-29(2,27-21(33)5-4-6-22(27)34)36-26(40)15-31(16-39(17-31)19-9-11-30(3,42)12-10-19)37-28(41)24-14-25(43-38-24)20-8-7-18(32)13-23(20)35/h4-8,13-14,19,42H,9-12,15-17H2,1-3H3,(H,36,40)(H,37,41). The lowest BCUT2D eigenvalue weighted by Crippen LogP contribution is -2.73. The van der Waals surface area contributed by atoms with Gasteiger partial charge in [-0.2, -0.15) is 0 Å². The molecule has 2 heterocycles. The summed E-state index contributed by atoms with van der Waals surface area (Å²) >= 11 is 0. The fourth-order valence-electron chi connectivity index (χ4n) is 6.17. The number of carbonyl (C=O) groups is 2. The number of rotatable bonds is 8. The van der Waals surface area contributed by atoms with E-state index in [1.165, 1.54) is 32.0 Å². The second-order valence-electron chi connectivity index (χ2n) is 12.5. The first-order valence-electron chi connectivity index (χ1n) is 14.1. The predicted octanol–water partition coefficient (Wildman–Crippen LogP) is 4.82. The highest BCUT2D eigenvalue weighted by molar-refractivity contribution is 5.94. The molecule has 0 atom stereocenters. The summed E-state index contributed by atoms with van der Waals surface area (Å²) in [6, 6.07) is 7.76. The molecule has 12 heteroatoms. The molecule has 8 nitrogen and oxygen atoms in total. The quantitative estimate of drug-likeness (QED) is 0.320. The van der Waals surface area contributed by atoms with Gasteiger partial charge in [0.15, 0.2) is 11.5 Å². The Morgan fingerprint density at radius 2 is 1.70 bits per heavy atom. The van der Waals surface area contributed by atoms with Crippen LogP contribution in [0.3, 0.4) is 0 Å². The van der Waals surface area contributed by atoms with Gasteiger partial charge in [-0.25, -0.2) is 17.6 Å². The zero-order valence-electron chi connectivity index (χ0n) is 24.1. The van der Waals surface area contributed by atoms with Gasteiger partial charge in [-0.1, -0.05) is 11.2 Å². The summed E-state index contributed by atoms with van der Waals surface area (Å²) in [7, 11) is 0. The van der Waals surface area contributed by atoms with Gasteiger partial charge in [0.05, 0.1) is 28.7 Å². The summed E-state index contributed by atoms with van der Waals surface area (Å²) in [4.78, 5) is 28.8. The Morgan fingerprint density at radius 1 is 1.05 bits per heavy atom. The van der Waals surface area contributed by atoms with E-state index >= 15 is 0 Å². The van der Waals surface area contributed by atoms with Crippen LogP contribution in [0.15, 0.2) is 47.0 Å². The number of hydrogen-bond acceptors (Lipinski definition) is 6. The Kier molecular flexibility index (Phi) is 8.12. The summed E-state index contributed by atoms with van der Waals surface area (Å²) in [6.45, 7) is 5.40. The zero-order chi connectivity index (χ0) is 31.2. The van der Waals surface area contributed by atoms with Crippen molar-refractivity contribution in [2.45, 2.75) is 75.6 Å². The van der Waals surface area contributed by atoms with Gasteiger partial charge in [0.1, 0.15) is 23.3 Å². The Labute approximate surface area is 246 Å². The Hall–Kier alpha value is -3.77. The molecule has 0 radical (unpaired) electrons. The smallest absolute Gasteiger partial charge is 0.274 e. The highest BCUT2D eigenvalue weighted by Gasteiger charge is 2.49. The third kappa shape index (κ3) is 6.59. The van der Waals surface area contributed by atoms with Crippen molar-refractivity contribution in [1.29, 1.82) is 0 Å². The molecule has 0 bridgehead atoms. The Balaban J connectivity index is 1.33. The highest BCUT2D eigenvalue weighted by atomic mass is 19.1. The minimum Gasteiger partial charge on any atom is -0.390 e. The zero-order valence-corrected chi connectivity index (χ0v) is 24.1. The van der Waals surface area contributed by atoms with Crippen molar-refractivity contribution < 1.29 is 36.8 Å². The maximum atomic E-state index is 14.5. The van der Waals surface area contributed by atoms with Gasteiger partial charge >= 0.3 is 0 Å². The van der Waals surface area contributed by atoms with Crippen LogP contribution in [0.5, 0.6) is 0 Å². The average molecular weight is 603 g/mol. The summed E-state index contributed by atoms with van der Waals surface area (Å²) in [5, 5.41) is 19.7. The number of nitrogens with one attached hydrogen (secondary N) is 2. The first-order chi connectivity index (χ1) is 20.2. The lowest BCUT2D eigenvalue weighted by Gasteiger charge is -2.54. The van der Waals surface area contributed by atoms with Crippen LogP contribution in [0.2, 0.25) is 0 Å². The molecule has 0 unspecified atom stereocenters. The number of halogens is 4. The minimum absolute atomic E-state index is 0.0763. The summed E-state index contributed by atoms with van der Waals surface area (Å²) < 4.78 is 61.8. The van der Waals surface area contributed by atoms with Crippen LogP contribution in [0.1, 0.15) is 68.9 Å². The maximum absolute atomic E-state index is 14.5. The summed E-state index contributed by atoms with van der Waals surface area (Å²) in [5.74, 6) is -4.52. The first-order valence-corrected chi connectivity index (χ1v) is 14.1. The van der Waals surface area contributed by atoms with E-state index in [0.29, 0.717) is 32.0 Å². The van der Waals surface area contributed by atoms with E-state index in [0.717, 1.165) is 31.0 Å². The van der Waals surface area contributed by atoms with E-state index in [2.05, 4.69) is 20.7 Å². The number of aromatic nitrogens is 1. The lowest BCUT2D eigenvalue weighted by molar-refractivity contribution is -0.127. The molecule has 1 aliphatic carbocycles. The van der Waals surface area contributed by atoms with Gasteiger partial charge in [-0.15, -0.1) is 0 Å². The van der Waals surface area contributed by atoms with Crippen molar-refractivity contribution in [3.63, 3.8) is 0 Å². The van der Waals surface area contributed by atoms with Gasteiger partial charge in [-0.05, 0) is 70.7 Å². The monoisotopic (exact) mass is 602 g/mol. The van der Waals surface area contributed by atoms with E-state index in [9.17, 15) is 32.3 Å². The normalized spacial score (nSPS) is 22.1. The summed E-state index contributed by atoms with van der Waals surface area (Å²) in [5.41, 5.74) is -3.70. The van der Waals surface area contributed by atoms with Crippen LogP contribution in [0, 0.1) is 23.3 Å². The van der Waals surface area contributed by atoms with Crippen LogP contribution in [-0.2, 0) is 10.3 Å². The van der Waals surface area contributed by atoms with Gasteiger partial charge < -0.3 is 20.3 Å². The molecule has 2 aromatic carbocycles. The van der Waals surface area contributed by atoms with E-state index in [1.807, 2.05) is 0 Å². The third-order valence-corrected chi connectivity index (χ3v) is 8.42. The van der Waals surface area contributed by atoms with E-state index in [-0.39, 0.29) is 35.0 Å². The Bertz CT molecular complexity index is 1500. The number of likely N-dealkylation sites (tertiary alicyclic amines) is 1. The van der Waals surface area contributed by atoms with E-state index < -0.39 is 51.8 Å². The van der Waals surface area contributed by atoms with Crippen molar-refractivity contribution in [2.24, 2.45) is 0 Å². The van der Waals surface area contributed by atoms with Crippen molar-refractivity contribution in [1.82, 2.24) is 20.7 Å². The number of amides is 2. The van der Waals surface area contributed by atoms with Crippen LogP contribution in [0.4, 0.5) is 17.6 Å². The van der Waals surface area contributed by atoms with Crippen LogP contribution < -0.4 is 10.6 Å². The van der Waals surface area contributed by atoms with Crippen LogP contribution >= 0.6 is 0 Å². The number of nitrogens with zero attached hydrogens (tertiary/aromatic N) is 2. The fourth-order valence-corrected chi connectivity index (χ4v) is 6.17. The molecule has 1 aliphatic heterocycles. The second kappa shape index (κ2) is 11.4. The van der Waals surface area contributed by atoms with Crippen LogP contribution in [0.25, 0.3) is 11.3 Å². The highest BCUT2D eigenvalue weighted by Crippen LogP contribution is 2.37. The molecule has 2 amide bonds. The van der Waals surface area contributed by atoms with Gasteiger partial charge in [-0.3, -0.25) is 14.5 Å². The molecular formula is C31H34F4N4O4. The number of aliphatic hydroxyl groups is 1. The molecular weight excluding hydrogens is 568 g/mol. The third-order valence-electron chi connectivity index (χ3n) is 8.42. The molecule has 1 saturated heterocycles. The number of benzene rings is 2. The lowest BCUT2D eigenvalue weighted by atomic mass is 9.78. The summed E-state index contributed by atoms with van der Waals surface area (Å²) in [6.07, 6.45) is 2.55. The molecule has 5 rings (SSSR count). The fraction of sp³-hybridized carbons (Fsp3) is 0.452. The maximum Gasteiger partial charge on any atom is 0.274 e. The Morgan fingerprint density at radius 3 is 2.33 bits per heavy atom. The van der Waals surface area contributed by atoms with Crippen molar-refractivity contribution >= 4 is 11.8 Å². The van der Waals surface area contributed by atoms with Crippen molar-refractivity contribution in [2.75, 3.05) is 13.1 Å². The van der Waals surface area contributed by atoms with Gasteiger partial charge in [0.25, 0.3) is 5.91 Å². The number of hydrogen-bond donors (Lipinski definition) is 3. The first kappa shape index (κ1) is 30.7. The average Bonchev–Trinajstić information content (AvgIpc) is 3.36. The second-order valence-corrected chi connectivity index (χ2v) is 12.5. The molecule has 0 spiro atoms. The van der Waals surface area contributed by atoms with Crippen molar-refractivity contribution in [3.05, 3.63) is 77.0 Å². The topological polar surface area (TPSA) is 108 Å². The van der Waals surface area contributed by atoms with Gasteiger partial charge in [0, 0.05) is 36.8 Å². The predicted molar refractivity (Wildman–Crippen MR) is 149 cm³/mol. The molecule has 3 N–H and O–H groups in total.